The van der Waals surface area contributed by atoms with E-state index in [9.17, 15) is 9.90 Å². The molecule has 3 aromatic rings. The summed E-state index contributed by atoms with van der Waals surface area (Å²) in [6, 6.07) is 18.9. The lowest BCUT2D eigenvalue weighted by Gasteiger charge is -2.18. The summed E-state index contributed by atoms with van der Waals surface area (Å²) in [5.74, 6) is 0.269. The molecule has 1 saturated heterocycles. The minimum Gasteiger partial charge on any atom is -0.502 e. The van der Waals surface area contributed by atoms with E-state index in [1.165, 1.54) is 26.0 Å². The largest absolute Gasteiger partial charge is 0.502 e. The fraction of sp³-hybridized carbons (Fsp3) is 0.154. The van der Waals surface area contributed by atoms with E-state index in [-0.39, 0.29) is 23.2 Å². The maximum atomic E-state index is 13.6. The summed E-state index contributed by atoms with van der Waals surface area (Å²) < 4.78 is 10.5. The zero-order valence-corrected chi connectivity index (χ0v) is 19.6. The second-order valence-electron chi connectivity index (χ2n) is 7.49. The van der Waals surface area contributed by atoms with Crippen molar-refractivity contribution in [3.05, 3.63) is 82.3 Å². The van der Waals surface area contributed by atoms with Crippen LogP contribution in [0.4, 0.5) is 11.4 Å². The van der Waals surface area contributed by atoms with Gasteiger partial charge in [0.2, 0.25) is 5.75 Å². The van der Waals surface area contributed by atoms with Gasteiger partial charge in [0.05, 0.1) is 30.5 Å². The Labute approximate surface area is 197 Å². The van der Waals surface area contributed by atoms with Crippen LogP contribution in [0.2, 0.25) is 0 Å². The van der Waals surface area contributed by atoms with Crippen molar-refractivity contribution in [2.24, 2.45) is 4.99 Å². The molecule has 0 unspecified atom stereocenters. The topological polar surface area (TPSA) is 71.4 Å². The Balaban J connectivity index is 1.83. The zero-order chi connectivity index (χ0) is 23.5. The van der Waals surface area contributed by atoms with Crippen molar-refractivity contribution >= 4 is 40.3 Å². The number of hydrogen-bond donors (Lipinski definition) is 1. The molecule has 1 N–H and O–H groups in total. The van der Waals surface area contributed by atoms with E-state index in [1.807, 2.05) is 62.4 Å². The summed E-state index contributed by atoms with van der Waals surface area (Å²) in [5, 5.41) is 10.8. The molecule has 1 aliphatic heterocycles. The number of ether oxygens (including phenoxy) is 2. The summed E-state index contributed by atoms with van der Waals surface area (Å²) in [7, 11) is 2.93. The summed E-state index contributed by atoms with van der Waals surface area (Å²) in [5.41, 5.74) is 4.25. The number of rotatable bonds is 5. The standard InChI is InChI=1S/C26H24N2O4S/c1-16-9-5-7-11-19(16)27-26-28(20-12-8-6-10-17(20)2)25(30)23(33-26)15-18-13-21(31-3)24(29)22(14-18)32-4/h5-15,29H,1-4H3. The third kappa shape index (κ3) is 4.45. The van der Waals surface area contributed by atoms with Crippen molar-refractivity contribution in [3.8, 4) is 17.2 Å². The molecule has 0 bridgehead atoms. The van der Waals surface area contributed by atoms with Gasteiger partial charge in [-0.05, 0) is 72.6 Å². The summed E-state index contributed by atoms with van der Waals surface area (Å²) in [6.07, 6.45) is 1.75. The van der Waals surface area contributed by atoms with E-state index in [0.29, 0.717) is 15.6 Å². The number of aromatic hydroxyl groups is 1. The predicted molar refractivity (Wildman–Crippen MR) is 134 cm³/mol. The third-order valence-electron chi connectivity index (χ3n) is 5.29. The monoisotopic (exact) mass is 460 g/mol. The Morgan fingerprint density at radius 1 is 0.939 bits per heavy atom. The maximum absolute atomic E-state index is 13.6. The number of carbonyl (C=O) groups excluding carboxylic acids is 1. The van der Waals surface area contributed by atoms with Crippen LogP contribution in [-0.2, 0) is 4.79 Å². The molecule has 1 fully saturated rings. The quantitative estimate of drug-likeness (QED) is 0.485. The molecule has 1 amide bonds. The Hall–Kier alpha value is -3.71. The van der Waals surface area contributed by atoms with Gasteiger partial charge in [0.15, 0.2) is 16.7 Å². The average Bonchev–Trinajstić information content (AvgIpc) is 3.11. The SMILES string of the molecule is COc1cc(C=C2SC(=Nc3ccccc3C)N(c3ccccc3C)C2=O)cc(OC)c1O. The number of para-hydroxylation sites is 2. The van der Waals surface area contributed by atoms with Crippen molar-refractivity contribution in [2.45, 2.75) is 13.8 Å². The highest BCUT2D eigenvalue weighted by atomic mass is 32.2. The molecular weight excluding hydrogens is 436 g/mol. The molecule has 0 saturated carbocycles. The third-order valence-corrected chi connectivity index (χ3v) is 6.26. The fourth-order valence-corrected chi connectivity index (χ4v) is 4.50. The minimum atomic E-state index is -0.173. The Bertz CT molecular complexity index is 1260. The number of aryl methyl sites for hydroxylation is 2. The number of anilines is 1. The van der Waals surface area contributed by atoms with Crippen molar-refractivity contribution < 1.29 is 19.4 Å². The molecule has 0 aliphatic carbocycles. The van der Waals surface area contributed by atoms with Crippen LogP contribution in [0.25, 0.3) is 6.08 Å². The second kappa shape index (κ2) is 9.42. The highest BCUT2D eigenvalue weighted by Crippen LogP contribution is 2.41. The molecule has 1 heterocycles. The smallest absolute Gasteiger partial charge is 0.271 e. The lowest BCUT2D eigenvalue weighted by Crippen LogP contribution is -2.29. The van der Waals surface area contributed by atoms with Gasteiger partial charge >= 0.3 is 0 Å². The maximum Gasteiger partial charge on any atom is 0.271 e. The number of aliphatic imine (C=N–C) groups is 1. The number of amides is 1. The Morgan fingerprint density at radius 3 is 2.15 bits per heavy atom. The molecule has 0 spiro atoms. The van der Waals surface area contributed by atoms with Crippen LogP contribution < -0.4 is 14.4 Å². The van der Waals surface area contributed by atoms with Crippen LogP contribution in [0, 0.1) is 13.8 Å². The number of phenols is 1. The van der Waals surface area contributed by atoms with E-state index in [0.717, 1.165) is 22.5 Å². The predicted octanol–water partition coefficient (Wildman–Crippen LogP) is 5.83. The van der Waals surface area contributed by atoms with Crippen LogP contribution in [0.15, 0.2) is 70.6 Å². The lowest BCUT2D eigenvalue weighted by atomic mass is 10.1. The zero-order valence-electron chi connectivity index (χ0n) is 18.8. The first-order valence-electron chi connectivity index (χ1n) is 10.3. The van der Waals surface area contributed by atoms with E-state index >= 15 is 0 Å². The minimum absolute atomic E-state index is 0.0871. The Kier molecular flexibility index (Phi) is 6.42. The molecule has 1 aliphatic rings. The van der Waals surface area contributed by atoms with Crippen molar-refractivity contribution in [2.75, 3.05) is 19.1 Å². The highest BCUT2D eigenvalue weighted by molar-refractivity contribution is 8.19. The number of carbonyl (C=O) groups is 1. The van der Waals surface area contributed by atoms with Gasteiger partial charge in [0.25, 0.3) is 5.91 Å². The first-order valence-corrected chi connectivity index (χ1v) is 11.1. The number of phenolic OH excluding ortho intramolecular Hbond substituents is 1. The molecule has 0 radical (unpaired) electrons. The van der Waals surface area contributed by atoms with Crippen LogP contribution in [0.3, 0.4) is 0 Å². The number of amidine groups is 1. The van der Waals surface area contributed by atoms with Gasteiger partial charge in [0, 0.05) is 0 Å². The lowest BCUT2D eigenvalue weighted by molar-refractivity contribution is -0.113. The molecule has 33 heavy (non-hydrogen) atoms. The van der Waals surface area contributed by atoms with Gasteiger partial charge in [-0.2, -0.15) is 0 Å². The van der Waals surface area contributed by atoms with Crippen molar-refractivity contribution in [3.63, 3.8) is 0 Å². The van der Waals surface area contributed by atoms with Crippen molar-refractivity contribution in [1.29, 1.82) is 0 Å². The van der Waals surface area contributed by atoms with Gasteiger partial charge in [-0.1, -0.05) is 36.4 Å². The summed E-state index contributed by atoms with van der Waals surface area (Å²) in [6.45, 7) is 3.96. The number of benzene rings is 3. The van der Waals surface area contributed by atoms with Crippen LogP contribution in [0.5, 0.6) is 17.2 Å². The van der Waals surface area contributed by atoms with Crippen molar-refractivity contribution in [1.82, 2.24) is 0 Å². The first-order chi connectivity index (χ1) is 15.9. The van der Waals surface area contributed by atoms with Crippen LogP contribution >= 0.6 is 11.8 Å². The highest BCUT2D eigenvalue weighted by Gasteiger charge is 2.35. The molecule has 0 atom stereocenters. The molecule has 7 heteroatoms. The molecule has 0 aromatic heterocycles. The number of methoxy groups -OCH3 is 2. The molecule has 6 nitrogen and oxygen atoms in total. The number of hydrogen-bond acceptors (Lipinski definition) is 6. The molecule has 4 rings (SSSR count). The van der Waals surface area contributed by atoms with Crippen LogP contribution in [-0.4, -0.2) is 30.4 Å². The van der Waals surface area contributed by atoms with Gasteiger partial charge < -0.3 is 14.6 Å². The normalized spacial score (nSPS) is 16.0. The van der Waals surface area contributed by atoms with Gasteiger partial charge in [-0.15, -0.1) is 0 Å². The summed E-state index contributed by atoms with van der Waals surface area (Å²) in [4.78, 5) is 20.5. The van der Waals surface area contributed by atoms with E-state index in [2.05, 4.69) is 0 Å². The van der Waals surface area contributed by atoms with E-state index in [4.69, 9.17) is 14.5 Å². The second-order valence-corrected chi connectivity index (χ2v) is 8.50. The average molecular weight is 461 g/mol. The van der Waals surface area contributed by atoms with Gasteiger partial charge in [0.1, 0.15) is 0 Å². The molecular formula is C26H24N2O4S. The fourth-order valence-electron chi connectivity index (χ4n) is 3.52. The molecule has 168 valence electrons. The van der Waals surface area contributed by atoms with Gasteiger partial charge in [-0.25, -0.2) is 4.99 Å². The number of thioether (sulfide) groups is 1. The Morgan fingerprint density at radius 2 is 1.55 bits per heavy atom. The number of nitrogens with zero attached hydrogens (tertiary/aromatic N) is 2. The molecule has 3 aromatic carbocycles. The van der Waals surface area contributed by atoms with E-state index < -0.39 is 0 Å². The van der Waals surface area contributed by atoms with E-state index in [1.54, 1.807) is 23.1 Å². The summed E-state index contributed by atoms with van der Waals surface area (Å²) >= 11 is 1.30. The van der Waals surface area contributed by atoms with Crippen LogP contribution in [0.1, 0.15) is 16.7 Å². The first kappa shape index (κ1) is 22.5. The van der Waals surface area contributed by atoms with Gasteiger partial charge in [-0.3, -0.25) is 9.69 Å².